The van der Waals surface area contributed by atoms with E-state index in [2.05, 4.69) is 25.7 Å². The van der Waals surface area contributed by atoms with Gasteiger partial charge in [0.1, 0.15) is 18.7 Å². The molecule has 0 aliphatic heterocycles. The van der Waals surface area contributed by atoms with Crippen LogP contribution in [0.3, 0.4) is 0 Å². The molecule has 0 saturated carbocycles. The fourth-order valence-corrected chi connectivity index (χ4v) is 2.42. The first-order valence-electron chi connectivity index (χ1n) is 7.92. The minimum Gasteiger partial charge on any atom is -0.383 e. The van der Waals surface area contributed by atoms with Gasteiger partial charge in [0.05, 0.1) is 6.54 Å². The molecule has 2 N–H and O–H groups in total. The van der Waals surface area contributed by atoms with Gasteiger partial charge in [0.25, 0.3) is 0 Å². The average molecular weight is 362 g/mol. The third-order valence-corrected chi connectivity index (χ3v) is 3.70. The Morgan fingerprint density at radius 1 is 0.962 bits per heavy atom. The zero-order valence-corrected chi connectivity index (χ0v) is 13.7. The molecule has 26 heavy (non-hydrogen) atoms. The predicted octanol–water partition coefficient (Wildman–Crippen LogP) is 3.50. The van der Waals surface area contributed by atoms with E-state index in [9.17, 15) is 13.2 Å². The van der Waals surface area contributed by atoms with Gasteiger partial charge in [0.15, 0.2) is 0 Å². The minimum atomic E-state index is -4.42. The van der Waals surface area contributed by atoms with E-state index in [0.717, 1.165) is 5.69 Å². The SMILES string of the molecule is FC(F)(F)C(Nc1ccc(NCCn2cncn2)cc1)c1ccncc1. The van der Waals surface area contributed by atoms with Crippen LogP contribution in [0.5, 0.6) is 0 Å². The van der Waals surface area contributed by atoms with Gasteiger partial charge in [-0.3, -0.25) is 9.67 Å². The van der Waals surface area contributed by atoms with Crippen molar-refractivity contribution in [3.63, 3.8) is 0 Å². The Labute approximate surface area is 148 Å². The molecule has 3 rings (SSSR count). The Hall–Kier alpha value is -3.10. The van der Waals surface area contributed by atoms with Crippen LogP contribution in [0.15, 0.2) is 61.4 Å². The highest BCUT2D eigenvalue weighted by Crippen LogP contribution is 2.35. The van der Waals surface area contributed by atoms with Crippen molar-refractivity contribution in [2.45, 2.75) is 18.8 Å². The van der Waals surface area contributed by atoms with Crippen molar-refractivity contribution in [1.82, 2.24) is 19.7 Å². The lowest BCUT2D eigenvalue weighted by Crippen LogP contribution is -2.27. The van der Waals surface area contributed by atoms with Crippen LogP contribution < -0.4 is 10.6 Å². The number of nitrogens with one attached hydrogen (secondary N) is 2. The Balaban J connectivity index is 1.61. The molecule has 0 radical (unpaired) electrons. The normalized spacial score (nSPS) is 12.6. The molecule has 0 bridgehead atoms. The average Bonchev–Trinajstić information content (AvgIpc) is 3.14. The minimum absolute atomic E-state index is 0.113. The fraction of sp³-hybridized carbons (Fsp3) is 0.235. The molecule has 2 heterocycles. The molecular weight excluding hydrogens is 345 g/mol. The van der Waals surface area contributed by atoms with Gasteiger partial charge in [-0.25, -0.2) is 4.98 Å². The van der Waals surface area contributed by atoms with Crippen LogP contribution in [0, 0.1) is 0 Å². The molecule has 6 nitrogen and oxygen atoms in total. The van der Waals surface area contributed by atoms with E-state index in [-0.39, 0.29) is 5.56 Å². The van der Waals surface area contributed by atoms with Crippen LogP contribution in [-0.4, -0.2) is 32.5 Å². The number of pyridine rings is 1. The molecule has 136 valence electrons. The number of rotatable bonds is 7. The number of benzene rings is 1. The molecular formula is C17H17F3N6. The molecule has 3 aromatic rings. The summed E-state index contributed by atoms with van der Waals surface area (Å²) in [5, 5.41) is 9.71. The third-order valence-electron chi connectivity index (χ3n) is 3.70. The predicted molar refractivity (Wildman–Crippen MR) is 91.6 cm³/mol. The van der Waals surface area contributed by atoms with E-state index in [1.807, 2.05) is 0 Å². The number of alkyl halides is 3. The number of anilines is 2. The van der Waals surface area contributed by atoms with E-state index in [4.69, 9.17) is 0 Å². The molecule has 0 aliphatic rings. The maximum absolute atomic E-state index is 13.4. The molecule has 1 atom stereocenters. The second-order valence-electron chi connectivity index (χ2n) is 5.56. The van der Waals surface area contributed by atoms with Crippen LogP contribution in [0.4, 0.5) is 24.5 Å². The van der Waals surface area contributed by atoms with Crippen LogP contribution in [0.2, 0.25) is 0 Å². The van der Waals surface area contributed by atoms with Gasteiger partial charge in [-0.15, -0.1) is 0 Å². The van der Waals surface area contributed by atoms with Gasteiger partial charge in [-0.05, 0) is 42.0 Å². The van der Waals surface area contributed by atoms with Gasteiger partial charge in [-0.2, -0.15) is 18.3 Å². The largest absolute Gasteiger partial charge is 0.412 e. The third kappa shape index (κ3) is 4.71. The summed E-state index contributed by atoms with van der Waals surface area (Å²) in [6.45, 7) is 1.26. The smallest absolute Gasteiger partial charge is 0.383 e. The van der Waals surface area contributed by atoms with Gasteiger partial charge in [-0.1, -0.05) is 0 Å². The Morgan fingerprint density at radius 3 is 2.27 bits per heavy atom. The van der Waals surface area contributed by atoms with E-state index in [1.54, 1.807) is 35.3 Å². The zero-order chi connectivity index (χ0) is 18.4. The molecule has 0 spiro atoms. The van der Waals surface area contributed by atoms with Gasteiger partial charge >= 0.3 is 6.18 Å². The highest BCUT2D eigenvalue weighted by molar-refractivity contribution is 5.54. The molecule has 1 aromatic carbocycles. The number of hydrogen-bond donors (Lipinski definition) is 2. The van der Waals surface area contributed by atoms with E-state index in [0.29, 0.717) is 18.8 Å². The maximum Gasteiger partial charge on any atom is 0.412 e. The van der Waals surface area contributed by atoms with Crippen molar-refractivity contribution in [3.05, 3.63) is 67.0 Å². The summed E-state index contributed by atoms with van der Waals surface area (Å²) in [5.74, 6) is 0. The number of halogens is 3. The van der Waals surface area contributed by atoms with Gasteiger partial charge in [0.2, 0.25) is 0 Å². The maximum atomic E-state index is 13.4. The van der Waals surface area contributed by atoms with Crippen molar-refractivity contribution in [2.75, 3.05) is 17.2 Å². The van der Waals surface area contributed by atoms with E-state index < -0.39 is 12.2 Å². The Morgan fingerprint density at radius 2 is 1.65 bits per heavy atom. The quantitative estimate of drug-likeness (QED) is 0.673. The molecule has 9 heteroatoms. The van der Waals surface area contributed by atoms with Crippen molar-refractivity contribution in [1.29, 1.82) is 0 Å². The van der Waals surface area contributed by atoms with Crippen LogP contribution in [-0.2, 0) is 6.54 Å². The first-order chi connectivity index (χ1) is 12.5. The number of aromatic nitrogens is 4. The summed E-state index contributed by atoms with van der Waals surface area (Å²) in [7, 11) is 0. The lowest BCUT2D eigenvalue weighted by Gasteiger charge is -2.23. The monoisotopic (exact) mass is 362 g/mol. The van der Waals surface area contributed by atoms with Crippen LogP contribution >= 0.6 is 0 Å². The van der Waals surface area contributed by atoms with Gasteiger partial charge < -0.3 is 10.6 Å². The van der Waals surface area contributed by atoms with E-state index >= 15 is 0 Å². The summed E-state index contributed by atoms with van der Waals surface area (Å²) >= 11 is 0. The summed E-state index contributed by atoms with van der Waals surface area (Å²) in [6, 6.07) is 7.58. The van der Waals surface area contributed by atoms with Crippen LogP contribution in [0.25, 0.3) is 0 Å². The van der Waals surface area contributed by atoms with Crippen molar-refractivity contribution >= 4 is 11.4 Å². The second-order valence-corrected chi connectivity index (χ2v) is 5.56. The van der Waals surface area contributed by atoms with Gasteiger partial charge in [0, 0.05) is 30.3 Å². The highest BCUT2D eigenvalue weighted by atomic mass is 19.4. The first kappa shape index (κ1) is 17.7. The van der Waals surface area contributed by atoms with Crippen molar-refractivity contribution in [2.24, 2.45) is 0 Å². The standard InChI is InChI=1S/C17H17F3N6/c18-17(19,20)16(13-5-7-21-8-6-13)25-15-3-1-14(2-4-15)23-9-10-26-12-22-11-24-26/h1-8,11-12,16,23,25H,9-10H2. The molecule has 0 aliphatic carbocycles. The Bertz CT molecular complexity index is 788. The molecule has 1 unspecified atom stereocenters. The van der Waals surface area contributed by atoms with Crippen molar-refractivity contribution in [3.8, 4) is 0 Å². The molecule has 2 aromatic heterocycles. The second kappa shape index (κ2) is 7.85. The summed E-state index contributed by atoms with van der Waals surface area (Å²) in [6.07, 6.45) is 1.34. The number of nitrogens with zero attached hydrogens (tertiary/aromatic N) is 4. The number of hydrogen-bond acceptors (Lipinski definition) is 5. The topological polar surface area (TPSA) is 67.7 Å². The molecule has 0 fully saturated rings. The lowest BCUT2D eigenvalue weighted by molar-refractivity contribution is -0.144. The van der Waals surface area contributed by atoms with Crippen molar-refractivity contribution < 1.29 is 13.2 Å². The van der Waals surface area contributed by atoms with E-state index in [1.165, 1.54) is 30.9 Å². The Kier molecular flexibility index (Phi) is 5.35. The first-order valence-corrected chi connectivity index (χ1v) is 7.92. The summed E-state index contributed by atoms with van der Waals surface area (Å²) < 4.78 is 41.8. The highest BCUT2D eigenvalue weighted by Gasteiger charge is 2.40. The summed E-state index contributed by atoms with van der Waals surface area (Å²) in [5.41, 5.74) is 1.30. The lowest BCUT2D eigenvalue weighted by atomic mass is 10.1. The fourth-order valence-electron chi connectivity index (χ4n) is 2.42. The summed E-state index contributed by atoms with van der Waals surface area (Å²) in [4.78, 5) is 7.61. The zero-order valence-electron chi connectivity index (χ0n) is 13.7. The molecule has 0 saturated heterocycles. The van der Waals surface area contributed by atoms with Crippen LogP contribution in [0.1, 0.15) is 11.6 Å². The molecule has 0 amide bonds.